The van der Waals surface area contributed by atoms with E-state index in [4.69, 9.17) is 17.3 Å². The average Bonchev–Trinajstić information content (AvgIpc) is 2.27. The monoisotopic (exact) mass is 269 g/mol. The summed E-state index contributed by atoms with van der Waals surface area (Å²) < 4.78 is 0. The van der Waals surface area contributed by atoms with E-state index < -0.39 is 18.0 Å². The van der Waals surface area contributed by atoms with Crippen molar-refractivity contribution >= 4 is 23.5 Å². The third-order valence-corrected chi connectivity index (χ3v) is 2.72. The number of urea groups is 1. The number of rotatable bonds is 4. The number of carbonyl (C=O) groups excluding carboxylic acids is 2. The van der Waals surface area contributed by atoms with Gasteiger partial charge in [0, 0.05) is 11.1 Å². The molecule has 0 spiro atoms. The van der Waals surface area contributed by atoms with E-state index >= 15 is 0 Å². The minimum absolute atomic E-state index is 0.0719. The van der Waals surface area contributed by atoms with Gasteiger partial charge >= 0.3 is 6.03 Å². The predicted molar refractivity (Wildman–Crippen MR) is 70.2 cm³/mol. The Kier molecular flexibility index (Phi) is 5.12. The molecular formula is C12H16ClN3O2. The Morgan fingerprint density at radius 2 is 2.00 bits per heavy atom. The van der Waals surface area contributed by atoms with Crippen LogP contribution in [0.1, 0.15) is 25.5 Å². The fourth-order valence-corrected chi connectivity index (χ4v) is 1.75. The highest BCUT2D eigenvalue weighted by atomic mass is 35.5. The number of halogens is 1. The van der Waals surface area contributed by atoms with Gasteiger partial charge in [0.25, 0.3) is 0 Å². The molecule has 3 amide bonds. The Balaban J connectivity index is 2.61. The maximum absolute atomic E-state index is 11.5. The molecule has 0 aliphatic heterocycles. The quantitative estimate of drug-likeness (QED) is 0.776. The van der Waals surface area contributed by atoms with Crippen LogP contribution in [-0.4, -0.2) is 18.0 Å². The number of hydrogen-bond acceptors (Lipinski definition) is 3. The van der Waals surface area contributed by atoms with Crippen molar-refractivity contribution < 1.29 is 9.59 Å². The lowest BCUT2D eigenvalue weighted by Gasteiger charge is -2.19. The van der Waals surface area contributed by atoms with Crippen LogP contribution < -0.4 is 16.4 Å². The number of amides is 3. The molecule has 1 rings (SSSR count). The van der Waals surface area contributed by atoms with Crippen LogP contribution in [0, 0.1) is 0 Å². The summed E-state index contributed by atoms with van der Waals surface area (Å²) >= 11 is 5.89. The van der Waals surface area contributed by atoms with Crippen molar-refractivity contribution in [2.45, 2.75) is 25.9 Å². The van der Waals surface area contributed by atoms with Gasteiger partial charge in [-0.1, -0.05) is 23.7 Å². The lowest BCUT2D eigenvalue weighted by atomic mass is 10.1. The van der Waals surface area contributed by atoms with Crippen LogP contribution in [0.2, 0.25) is 5.02 Å². The van der Waals surface area contributed by atoms with Crippen LogP contribution in [0.5, 0.6) is 0 Å². The number of nitrogens with two attached hydrogens (primary N) is 1. The van der Waals surface area contributed by atoms with Crippen molar-refractivity contribution in [3.63, 3.8) is 0 Å². The number of imide groups is 1. The molecule has 0 saturated heterocycles. The van der Waals surface area contributed by atoms with E-state index in [9.17, 15) is 9.59 Å². The number of nitrogens with one attached hydrogen (secondary N) is 2. The van der Waals surface area contributed by atoms with Crippen molar-refractivity contribution in [3.05, 3.63) is 34.9 Å². The highest BCUT2D eigenvalue weighted by Crippen LogP contribution is 2.17. The molecule has 0 unspecified atom stereocenters. The van der Waals surface area contributed by atoms with Gasteiger partial charge in [0.1, 0.15) is 0 Å². The average molecular weight is 270 g/mol. The summed E-state index contributed by atoms with van der Waals surface area (Å²) in [6.45, 7) is 3.55. The Bertz CT molecular complexity index is 451. The highest BCUT2D eigenvalue weighted by molar-refractivity contribution is 6.30. The summed E-state index contributed by atoms with van der Waals surface area (Å²) in [5, 5.41) is 5.71. The molecule has 1 aromatic rings. The number of carbonyl (C=O) groups is 2. The summed E-state index contributed by atoms with van der Waals surface area (Å²) in [5.41, 5.74) is 5.84. The highest BCUT2D eigenvalue weighted by Gasteiger charge is 2.17. The van der Waals surface area contributed by atoms with E-state index in [1.54, 1.807) is 13.0 Å². The molecular weight excluding hydrogens is 254 g/mol. The summed E-state index contributed by atoms with van der Waals surface area (Å²) in [7, 11) is 0. The second kappa shape index (κ2) is 6.37. The summed E-state index contributed by atoms with van der Waals surface area (Å²) in [5.74, 6) is -0.462. The van der Waals surface area contributed by atoms with E-state index in [0.717, 1.165) is 5.56 Å². The second-order valence-corrected chi connectivity index (χ2v) is 4.45. The maximum Gasteiger partial charge on any atom is 0.318 e. The molecule has 0 radical (unpaired) electrons. The van der Waals surface area contributed by atoms with Crippen LogP contribution in [0.3, 0.4) is 0 Å². The van der Waals surface area contributed by atoms with Gasteiger partial charge < -0.3 is 5.73 Å². The van der Waals surface area contributed by atoms with Gasteiger partial charge in [-0.25, -0.2) is 4.79 Å². The third-order valence-electron chi connectivity index (χ3n) is 2.49. The van der Waals surface area contributed by atoms with Crippen LogP contribution in [0.15, 0.2) is 24.3 Å². The first kappa shape index (κ1) is 14.5. The van der Waals surface area contributed by atoms with E-state index in [2.05, 4.69) is 5.32 Å². The van der Waals surface area contributed by atoms with E-state index in [-0.39, 0.29) is 6.04 Å². The van der Waals surface area contributed by atoms with Gasteiger partial charge in [0.15, 0.2) is 0 Å². The van der Waals surface area contributed by atoms with Gasteiger partial charge in [0.05, 0.1) is 6.04 Å². The molecule has 0 aliphatic rings. The van der Waals surface area contributed by atoms with Gasteiger partial charge in [-0.2, -0.15) is 0 Å². The van der Waals surface area contributed by atoms with Crippen LogP contribution >= 0.6 is 11.6 Å². The van der Waals surface area contributed by atoms with Gasteiger partial charge in [0.2, 0.25) is 5.91 Å². The molecule has 1 aromatic carbocycles. The van der Waals surface area contributed by atoms with Gasteiger partial charge in [-0.3, -0.25) is 15.4 Å². The lowest BCUT2D eigenvalue weighted by molar-refractivity contribution is -0.121. The van der Waals surface area contributed by atoms with Crippen LogP contribution in [-0.2, 0) is 4.79 Å². The van der Waals surface area contributed by atoms with Crippen LogP contribution in [0.25, 0.3) is 0 Å². The van der Waals surface area contributed by atoms with Crippen molar-refractivity contribution in [2.24, 2.45) is 5.73 Å². The molecule has 6 heteroatoms. The largest absolute Gasteiger partial charge is 0.351 e. The zero-order valence-corrected chi connectivity index (χ0v) is 11.0. The molecule has 5 nitrogen and oxygen atoms in total. The molecule has 0 aliphatic carbocycles. The summed E-state index contributed by atoms with van der Waals surface area (Å²) in [6.07, 6.45) is 0. The Morgan fingerprint density at radius 3 is 2.56 bits per heavy atom. The number of hydrogen-bond donors (Lipinski definition) is 3. The Hall–Kier alpha value is -1.59. The minimum Gasteiger partial charge on any atom is -0.351 e. The fraction of sp³-hybridized carbons (Fsp3) is 0.333. The SMILES string of the molecule is C[C@@H](N[C@H](C)c1cccc(Cl)c1)C(=O)NC(N)=O. The van der Waals surface area contributed by atoms with E-state index in [1.807, 2.05) is 30.4 Å². The lowest BCUT2D eigenvalue weighted by Crippen LogP contribution is -2.47. The maximum atomic E-state index is 11.5. The van der Waals surface area contributed by atoms with Crippen LogP contribution in [0.4, 0.5) is 4.79 Å². The third kappa shape index (κ3) is 4.35. The topological polar surface area (TPSA) is 84.2 Å². The molecule has 0 bridgehead atoms. The molecule has 0 saturated carbocycles. The Labute approximate surface area is 111 Å². The summed E-state index contributed by atoms with van der Waals surface area (Å²) in [4.78, 5) is 22.0. The molecule has 98 valence electrons. The van der Waals surface area contributed by atoms with Crippen molar-refractivity contribution in [3.8, 4) is 0 Å². The molecule has 0 heterocycles. The standard InChI is InChI=1S/C12H16ClN3O2/c1-7(9-4-3-5-10(13)6-9)15-8(2)11(17)16-12(14)18/h3-8,15H,1-2H3,(H3,14,16,17,18)/t7-,8-/m1/s1. The molecule has 18 heavy (non-hydrogen) atoms. The molecule has 4 N–H and O–H groups in total. The smallest absolute Gasteiger partial charge is 0.318 e. The fourth-order valence-electron chi connectivity index (χ4n) is 1.55. The summed E-state index contributed by atoms with van der Waals surface area (Å²) in [6, 6.07) is 5.87. The number of benzene rings is 1. The minimum atomic E-state index is -0.857. The first-order valence-corrected chi connectivity index (χ1v) is 5.89. The Morgan fingerprint density at radius 1 is 1.33 bits per heavy atom. The molecule has 2 atom stereocenters. The first-order valence-electron chi connectivity index (χ1n) is 5.52. The van der Waals surface area contributed by atoms with Gasteiger partial charge in [-0.05, 0) is 31.5 Å². The first-order chi connectivity index (χ1) is 8.40. The zero-order valence-electron chi connectivity index (χ0n) is 10.2. The predicted octanol–water partition coefficient (Wildman–Crippen LogP) is 1.57. The molecule has 0 aromatic heterocycles. The van der Waals surface area contributed by atoms with E-state index in [0.29, 0.717) is 5.02 Å². The number of primary amides is 1. The zero-order chi connectivity index (χ0) is 13.7. The van der Waals surface area contributed by atoms with E-state index in [1.165, 1.54) is 0 Å². The van der Waals surface area contributed by atoms with Crippen molar-refractivity contribution in [2.75, 3.05) is 0 Å². The molecule has 0 fully saturated rings. The normalized spacial score (nSPS) is 13.7. The van der Waals surface area contributed by atoms with Crippen molar-refractivity contribution in [1.29, 1.82) is 0 Å². The second-order valence-electron chi connectivity index (χ2n) is 4.02. The van der Waals surface area contributed by atoms with Gasteiger partial charge in [-0.15, -0.1) is 0 Å². The van der Waals surface area contributed by atoms with Crippen molar-refractivity contribution in [1.82, 2.24) is 10.6 Å².